The molecule has 5 nitrogen and oxygen atoms in total. The number of hydrogen-bond acceptors (Lipinski definition) is 3. The van der Waals surface area contributed by atoms with Gasteiger partial charge < -0.3 is 9.88 Å². The van der Waals surface area contributed by atoms with Crippen LogP contribution in [0.25, 0.3) is 0 Å². The summed E-state index contributed by atoms with van der Waals surface area (Å²) >= 11 is 0. The highest BCUT2D eigenvalue weighted by Crippen LogP contribution is 2.36. The number of carbonyl (C=O) groups excluding carboxylic acids is 1. The van der Waals surface area contributed by atoms with Crippen LogP contribution in [0.2, 0.25) is 0 Å². The Labute approximate surface area is 195 Å². The average molecular weight is 437 g/mol. The van der Waals surface area contributed by atoms with Crippen molar-refractivity contribution in [1.29, 1.82) is 10.5 Å². The third-order valence-electron chi connectivity index (χ3n) is 6.90. The van der Waals surface area contributed by atoms with Crippen molar-refractivity contribution in [3.63, 3.8) is 0 Å². The second-order valence-electron chi connectivity index (χ2n) is 9.03. The Balaban J connectivity index is 1.48. The zero-order chi connectivity index (χ0) is 23.3. The van der Waals surface area contributed by atoms with Crippen LogP contribution in [0.5, 0.6) is 0 Å². The van der Waals surface area contributed by atoms with Gasteiger partial charge in [-0.25, -0.2) is 0 Å². The number of aryl methyl sites for hydroxylation is 1. The number of rotatable bonds is 6. The number of amides is 1. The number of nitriles is 2. The number of nitrogens with one attached hydrogen (secondary N) is 1. The molecule has 0 saturated carbocycles. The van der Waals surface area contributed by atoms with Crippen molar-refractivity contribution < 1.29 is 4.79 Å². The van der Waals surface area contributed by atoms with Crippen molar-refractivity contribution in [3.05, 3.63) is 94.8 Å². The van der Waals surface area contributed by atoms with Crippen LogP contribution in [0.4, 0.5) is 0 Å². The number of likely N-dealkylation sites (tertiary alicyclic amines) is 1. The quantitative estimate of drug-likeness (QED) is 0.597. The number of piperidine rings is 1. The number of benzene rings is 2. The van der Waals surface area contributed by atoms with Gasteiger partial charge in [0.15, 0.2) is 0 Å². The molecule has 2 heterocycles. The van der Waals surface area contributed by atoms with Gasteiger partial charge in [0.25, 0.3) is 0 Å². The minimum absolute atomic E-state index is 0.0985. The van der Waals surface area contributed by atoms with E-state index in [0.29, 0.717) is 37.9 Å². The monoisotopic (exact) mass is 436 g/mol. The number of aromatic nitrogens is 1. The summed E-state index contributed by atoms with van der Waals surface area (Å²) in [7, 11) is 0. The molecule has 1 aliphatic rings. The fourth-order valence-electron chi connectivity index (χ4n) is 4.73. The molecule has 0 radical (unpaired) electrons. The molecule has 1 amide bonds. The largest absolute Gasteiger partial charge is 0.367 e. The summed E-state index contributed by atoms with van der Waals surface area (Å²) in [6, 6.07) is 22.3. The SMILES string of the molecule is Cc1ccccc1CC1(C#N)CCN(C(=O)C(Cc2ccc(C#N)cc2)c2cc[nH]c2)CC1. The second-order valence-corrected chi connectivity index (χ2v) is 9.03. The fraction of sp³-hybridized carbons (Fsp3) is 0.321. The minimum atomic E-state index is -0.431. The normalized spacial score (nSPS) is 15.9. The molecule has 0 aliphatic carbocycles. The van der Waals surface area contributed by atoms with Crippen LogP contribution in [0, 0.1) is 35.0 Å². The highest BCUT2D eigenvalue weighted by Gasteiger charge is 2.38. The average Bonchev–Trinajstić information content (AvgIpc) is 3.39. The zero-order valence-electron chi connectivity index (χ0n) is 18.9. The molecule has 1 N–H and O–H groups in total. The van der Waals surface area contributed by atoms with Gasteiger partial charge in [-0.2, -0.15) is 10.5 Å². The Morgan fingerprint density at radius 1 is 1.09 bits per heavy atom. The Kier molecular flexibility index (Phi) is 6.61. The van der Waals surface area contributed by atoms with E-state index in [1.165, 1.54) is 11.1 Å². The maximum absolute atomic E-state index is 13.6. The minimum Gasteiger partial charge on any atom is -0.367 e. The van der Waals surface area contributed by atoms with Gasteiger partial charge in [0.2, 0.25) is 5.91 Å². The van der Waals surface area contributed by atoms with E-state index in [9.17, 15) is 10.1 Å². The maximum atomic E-state index is 13.6. The summed E-state index contributed by atoms with van der Waals surface area (Å²) in [5, 5.41) is 19.1. The Bertz CT molecular complexity index is 1170. The van der Waals surface area contributed by atoms with Crippen LogP contribution in [-0.4, -0.2) is 28.9 Å². The van der Waals surface area contributed by atoms with Crippen molar-refractivity contribution >= 4 is 5.91 Å². The van der Waals surface area contributed by atoms with E-state index >= 15 is 0 Å². The van der Waals surface area contributed by atoms with Gasteiger partial charge in [0.1, 0.15) is 0 Å². The van der Waals surface area contributed by atoms with Crippen LogP contribution < -0.4 is 0 Å². The van der Waals surface area contributed by atoms with E-state index < -0.39 is 5.41 Å². The molecule has 1 fully saturated rings. The predicted molar refractivity (Wildman–Crippen MR) is 127 cm³/mol. The number of aromatic amines is 1. The lowest BCUT2D eigenvalue weighted by molar-refractivity contribution is -0.134. The number of hydrogen-bond donors (Lipinski definition) is 1. The Morgan fingerprint density at radius 2 is 1.82 bits per heavy atom. The molecule has 1 unspecified atom stereocenters. The van der Waals surface area contributed by atoms with E-state index in [-0.39, 0.29) is 11.8 Å². The lowest BCUT2D eigenvalue weighted by atomic mass is 9.74. The van der Waals surface area contributed by atoms with Gasteiger partial charge in [-0.05, 0) is 73.1 Å². The van der Waals surface area contributed by atoms with Crippen LogP contribution in [-0.2, 0) is 17.6 Å². The van der Waals surface area contributed by atoms with E-state index in [4.69, 9.17) is 5.26 Å². The third kappa shape index (κ3) is 4.99. The smallest absolute Gasteiger partial charge is 0.230 e. The molecule has 0 spiro atoms. The molecular formula is C28H28N4O. The molecule has 5 heteroatoms. The van der Waals surface area contributed by atoms with Crippen molar-refractivity contribution in [2.75, 3.05) is 13.1 Å². The van der Waals surface area contributed by atoms with E-state index in [1.807, 2.05) is 47.6 Å². The van der Waals surface area contributed by atoms with Gasteiger partial charge in [-0.15, -0.1) is 0 Å². The van der Waals surface area contributed by atoms with Gasteiger partial charge in [-0.3, -0.25) is 4.79 Å². The molecule has 2 aromatic carbocycles. The van der Waals surface area contributed by atoms with E-state index in [2.05, 4.69) is 36.2 Å². The standard InChI is InChI=1S/C28H28N4O/c1-21-4-2-3-5-24(21)17-28(20-30)11-14-32(15-12-28)27(33)26(25-10-13-31-19-25)16-22-6-8-23(18-29)9-7-22/h2-10,13,19,26,31H,11-12,14-17H2,1H3. The summed E-state index contributed by atoms with van der Waals surface area (Å²) < 4.78 is 0. The lowest BCUT2D eigenvalue weighted by Gasteiger charge is -2.39. The molecule has 4 rings (SSSR count). The molecule has 1 aromatic heterocycles. The Hall–Kier alpha value is -3.83. The van der Waals surface area contributed by atoms with Crippen molar-refractivity contribution in [2.24, 2.45) is 5.41 Å². The Morgan fingerprint density at radius 3 is 2.42 bits per heavy atom. The molecule has 33 heavy (non-hydrogen) atoms. The van der Waals surface area contributed by atoms with Crippen LogP contribution in [0.15, 0.2) is 67.0 Å². The summed E-state index contributed by atoms with van der Waals surface area (Å²) in [5.41, 5.74) is 4.59. The first-order valence-electron chi connectivity index (χ1n) is 11.4. The van der Waals surface area contributed by atoms with E-state index in [0.717, 1.165) is 17.5 Å². The summed E-state index contributed by atoms with van der Waals surface area (Å²) in [6.07, 6.45) is 6.39. The summed E-state index contributed by atoms with van der Waals surface area (Å²) in [6.45, 7) is 3.27. The number of nitrogens with zero attached hydrogens (tertiary/aromatic N) is 3. The van der Waals surface area contributed by atoms with Gasteiger partial charge in [-0.1, -0.05) is 36.4 Å². The third-order valence-corrected chi connectivity index (χ3v) is 6.90. The molecule has 166 valence electrons. The predicted octanol–water partition coefficient (Wildman–Crippen LogP) is 4.90. The van der Waals surface area contributed by atoms with Gasteiger partial charge in [0, 0.05) is 25.5 Å². The lowest BCUT2D eigenvalue weighted by Crippen LogP contribution is -2.45. The number of H-pyrrole nitrogens is 1. The van der Waals surface area contributed by atoms with Crippen molar-refractivity contribution in [1.82, 2.24) is 9.88 Å². The molecular weight excluding hydrogens is 408 g/mol. The van der Waals surface area contributed by atoms with E-state index in [1.54, 1.807) is 12.1 Å². The van der Waals surface area contributed by atoms with Crippen LogP contribution in [0.1, 0.15) is 46.6 Å². The molecule has 1 atom stereocenters. The maximum Gasteiger partial charge on any atom is 0.230 e. The molecule has 1 aliphatic heterocycles. The van der Waals surface area contributed by atoms with Crippen LogP contribution in [0.3, 0.4) is 0 Å². The zero-order valence-corrected chi connectivity index (χ0v) is 18.9. The molecule has 1 saturated heterocycles. The molecule has 0 bridgehead atoms. The highest BCUT2D eigenvalue weighted by atomic mass is 16.2. The second kappa shape index (κ2) is 9.76. The topological polar surface area (TPSA) is 83.7 Å². The van der Waals surface area contributed by atoms with Crippen LogP contribution >= 0.6 is 0 Å². The first-order valence-corrected chi connectivity index (χ1v) is 11.4. The summed E-state index contributed by atoms with van der Waals surface area (Å²) in [5.74, 6) is -0.198. The fourth-order valence-corrected chi connectivity index (χ4v) is 4.73. The van der Waals surface area contributed by atoms with Crippen molar-refractivity contribution in [3.8, 4) is 12.1 Å². The van der Waals surface area contributed by atoms with Gasteiger partial charge in [0.05, 0.1) is 29.0 Å². The number of carbonyl (C=O) groups is 1. The summed E-state index contributed by atoms with van der Waals surface area (Å²) in [4.78, 5) is 18.6. The first kappa shape index (κ1) is 22.4. The van der Waals surface area contributed by atoms with Gasteiger partial charge >= 0.3 is 0 Å². The molecule has 3 aromatic rings. The highest BCUT2D eigenvalue weighted by molar-refractivity contribution is 5.84. The van der Waals surface area contributed by atoms with Crippen molar-refractivity contribution in [2.45, 2.75) is 38.5 Å². The first-order chi connectivity index (χ1) is 16.0.